The average Bonchev–Trinajstić information content (AvgIpc) is 2.87. The molecule has 0 bridgehead atoms. The Balaban J connectivity index is 1.40. The predicted octanol–water partition coefficient (Wildman–Crippen LogP) is 5.64. The molecule has 0 saturated heterocycles. The van der Waals surface area contributed by atoms with E-state index in [0.717, 1.165) is 22.8 Å². The van der Waals surface area contributed by atoms with Crippen LogP contribution < -0.4 is 9.47 Å². The lowest BCUT2D eigenvalue weighted by atomic mass is 10.0. The van der Waals surface area contributed by atoms with Crippen molar-refractivity contribution in [2.45, 2.75) is 32.3 Å². The van der Waals surface area contributed by atoms with Crippen LogP contribution in [0.4, 0.5) is 0 Å². The number of hydrogen-bond donors (Lipinski definition) is 0. The summed E-state index contributed by atoms with van der Waals surface area (Å²) in [6, 6.07) is 24.2. The van der Waals surface area contributed by atoms with Crippen LogP contribution in [0.5, 0.6) is 17.2 Å². The molecule has 0 saturated carbocycles. The Labute approximate surface area is 200 Å². The summed E-state index contributed by atoms with van der Waals surface area (Å²) < 4.78 is 21.7. The van der Waals surface area contributed by atoms with E-state index in [9.17, 15) is 9.59 Å². The van der Waals surface area contributed by atoms with E-state index in [1.165, 1.54) is 7.11 Å². The number of esters is 1. The van der Waals surface area contributed by atoms with Crippen molar-refractivity contribution in [2.75, 3.05) is 20.3 Å². The first-order chi connectivity index (χ1) is 16.6. The number of ketones is 1. The van der Waals surface area contributed by atoms with E-state index in [-0.39, 0.29) is 11.8 Å². The van der Waals surface area contributed by atoms with Gasteiger partial charge in [-0.25, -0.2) is 4.79 Å². The van der Waals surface area contributed by atoms with Gasteiger partial charge < -0.3 is 18.9 Å². The molecule has 0 aliphatic rings. The molecule has 1 atom stereocenters. The van der Waals surface area contributed by atoms with Gasteiger partial charge >= 0.3 is 5.97 Å². The highest BCUT2D eigenvalue weighted by molar-refractivity contribution is 5.96. The Hall–Kier alpha value is -3.64. The lowest BCUT2D eigenvalue weighted by molar-refractivity contribution is -0.154. The fourth-order valence-electron chi connectivity index (χ4n) is 3.33. The smallest absolute Gasteiger partial charge is 0.335 e. The second-order valence-electron chi connectivity index (χ2n) is 7.64. The molecule has 0 radical (unpaired) electrons. The van der Waals surface area contributed by atoms with Gasteiger partial charge in [-0.15, -0.1) is 0 Å². The summed E-state index contributed by atoms with van der Waals surface area (Å²) in [5, 5.41) is 0. The maximum absolute atomic E-state index is 12.5. The number of carbonyl (C=O) groups is 2. The highest BCUT2D eigenvalue weighted by Crippen LogP contribution is 2.23. The van der Waals surface area contributed by atoms with Crippen LogP contribution in [0.15, 0.2) is 78.9 Å². The molecule has 0 amide bonds. The molecule has 178 valence electrons. The molecule has 3 aromatic carbocycles. The minimum atomic E-state index is -0.655. The second-order valence-corrected chi connectivity index (χ2v) is 7.64. The van der Waals surface area contributed by atoms with E-state index in [4.69, 9.17) is 18.9 Å². The summed E-state index contributed by atoms with van der Waals surface area (Å²) in [7, 11) is 1.48. The van der Waals surface area contributed by atoms with Crippen molar-refractivity contribution >= 4 is 11.8 Å². The van der Waals surface area contributed by atoms with Gasteiger partial charge in [0.25, 0.3) is 0 Å². The zero-order valence-electron chi connectivity index (χ0n) is 19.6. The van der Waals surface area contributed by atoms with Gasteiger partial charge in [0.2, 0.25) is 0 Å². The quantitative estimate of drug-likeness (QED) is 0.186. The summed E-state index contributed by atoms with van der Waals surface area (Å²) >= 11 is 0. The zero-order valence-corrected chi connectivity index (χ0v) is 19.6. The van der Waals surface area contributed by atoms with Gasteiger partial charge in [0.15, 0.2) is 11.9 Å². The van der Waals surface area contributed by atoms with E-state index in [1.807, 2.05) is 66.7 Å². The van der Waals surface area contributed by atoms with E-state index in [2.05, 4.69) is 0 Å². The molecule has 34 heavy (non-hydrogen) atoms. The Morgan fingerprint density at radius 3 is 2.12 bits per heavy atom. The van der Waals surface area contributed by atoms with Crippen molar-refractivity contribution in [1.29, 1.82) is 0 Å². The number of ether oxygens (including phenoxy) is 4. The first-order valence-corrected chi connectivity index (χ1v) is 11.4. The van der Waals surface area contributed by atoms with Crippen LogP contribution in [0.2, 0.25) is 0 Å². The third-order valence-electron chi connectivity index (χ3n) is 5.15. The molecule has 0 aromatic heterocycles. The second kappa shape index (κ2) is 13.2. The molecule has 0 fully saturated rings. The van der Waals surface area contributed by atoms with E-state index in [0.29, 0.717) is 38.0 Å². The molecule has 6 heteroatoms. The standard InChI is InChI=1S/C28H30O6/c1-3-32-28(30)27(31-2)20-21-11-13-22(14-12-21)26(29)10-7-19-33-23-15-17-25(18-16-23)34-24-8-5-4-6-9-24/h4-6,8-9,11-18,27H,3,7,10,19-20H2,1-2H3/t27-/m0/s1. The van der Waals surface area contributed by atoms with Crippen molar-refractivity contribution in [3.8, 4) is 17.2 Å². The van der Waals surface area contributed by atoms with Crippen LogP contribution in [0.25, 0.3) is 0 Å². The molecule has 0 spiro atoms. The largest absolute Gasteiger partial charge is 0.494 e. The van der Waals surface area contributed by atoms with Crippen molar-refractivity contribution in [1.82, 2.24) is 0 Å². The summed E-state index contributed by atoms with van der Waals surface area (Å²) in [4.78, 5) is 24.4. The maximum Gasteiger partial charge on any atom is 0.335 e. The van der Waals surface area contributed by atoms with E-state index in [1.54, 1.807) is 19.1 Å². The van der Waals surface area contributed by atoms with Crippen molar-refractivity contribution < 1.29 is 28.5 Å². The monoisotopic (exact) mass is 462 g/mol. The minimum Gasteiger partial charge on any atom is -0.494 e. The van der Waals surface area contributed by atoms with Crippen LogP contribution in [0.1, 0.15) is 35.7 Å². The summed E-state index contributed by atoms with van der Waals surface area (Å²) in [6.45, 7) is 2.51. The first kappa shape index (κ1) is 25.0. The summed E-state index contributed by atoms with van der Waals surface area (Å²) in [5.41, 5.74) is 1.54. The van der Waals surface area contributed by atoms with E-state index >= 15 is 0 Å². The normalized spacial score (nSPS) is 11.5. The Kier molecular flexibility index (Phi) is 9.67. The highest BCUT2D eigenvalue weighted by Gasteiger charge is 2.19. The maximum atomic E-state index is 12.5. The van der Waals surface area contributed by atoms with Crippen molar-refractivity contribution in [3.63, 3.8) is 0 Å². The number of methoxy groups -OCH3 is 1. The molecule has 6 nitrogen and oxygen atoms in total. The molecular formula is C28H30O6. The molecule has 3 aromatic rings. The van der Waals surface area contributed by atoms with Crippen molar-refractivity contribution in [2.24, 2.45) is 0 Å². The molecule has 0 heterocycles. The lowest BCUT2D eigenvalue weighted by Gasteiger charge is -2.14. The third-order valence-corrected chi connectivity index (χ3v) is 5.15. The molecule has 0 N–H and O–H groups in total. The molecular weight excluding hydrogens is 432 g/mol. The SMILES string of the molecule is CCOC(=O)[C@H](Cc1ccc(C(=O)CCCOc2ccc(Oc3ccccc3)cc2)cc1)OC. The average molecular weight is 463 g/mol. The van der Waals surface area contributed by atoms with Gasteiger partial charge in [-0.2, -0.15) is 0 Å². The van der Waals surface area contributed by atoms with Gasteiger partial charge in [-0.3, -0.25) is 4.79 Å². The van der Waals surface area contributed by atoms with Crippen LogP contribution in [-0.4, -0.2) is 38.2 Å². The molecule has 0 aliphatic carbocycles. The van der Waals surface area contributed by atoms with Gasteiger partial charge in [0.1, 0.15) is 17.2 Å². The number of rotatable bonds is 13. The number of carbonyl (C=O) groups excluding carboxylic acids is 2. The van der Waals surface area contributed by atoms with Gasteiger partial charge in [0, 0.05) is 25.5 Å². The first-order valence-electron chi connectivity index (χ1n) is 11.4. The molecule has 3 rings (SSSR count). The van der Waals surface area contributed by atoms with E-state index < -0.39 is 6.10 Å². The third kappa shape index (κ3) is 7.74. The fourth-order valence-corrected chi connectivity index (χ4v) is 3.33. The topological polar surface area (TPSA) is 71.1 Å². The Morgan fingerprint density at radius 1 is 0.824 bits per heavy atom. The summed E-state index contributed by atoms with van der Waals surface area (Å²) in [5.74, 6) is 1.90. The van der Waals surface area contributed by atoms with Gasteiger partial charge in [-0.1, -0.05) is 42.5 Å². The van der Waals surface area contributed by atoms with Crippen LogP contribution >= 0.6 is 0 Å². The van der Waals surface area contributed by atoms with Crippen LogP contribution in [0, 0.1) is 0 Å². The zero-order chi connectivity index (χ0) is 24.2. The lowest BCUT2D eigenvalue weighted by Crippen LogP contribution is -2.27. The highest BCUT2D eigenvalue weighted by atomic mass is 16.6. The predicted molar refractivity (Wildman–Crippen MR) is 130 cm³/mol. The molecule has 0 unspecified atom stereocenters. The van der Waals surface area contributed by atoms with Crippen LogP contribution in [-0.2, 0) is 20.7 Å². The Bertz CT molecular complexity index is 1030. The van der Waals surface area contributed by atoms with Gasteiger partial charge in [0.05, 0.1) is 13.2 Å². The van der Waals surface area contributed by atoms with Crippen LogP contribution in [0.3, 0.4) is 0 Å². The fraction of sp³-hybridized carbons (Fsp3) is 0.286. The number of Topliss-reactive ketones (excluding diaryl/α,β-unsaturated/α-hetero) is 1. The number of para-hydroxylation sites is 1. The number of hydrogen-bond acceptors (Lipinski definition) is 6. The number of benzene rings is 3. The summed E-state index contributed by atoms with van der Waals surface area (Å²) in [6.07, 6.45) is 0.736. The van der Waals surface area contributed by atoms with Crippen molar-refractivity contribution in [3.05, 3.63) is 90.0 Å². The van der Waals surface area contributed by atoms with Gasteiger partial charge in [-0.05, 0) is 55.3 Å². The minimum absolute atomic E-state index is 0.0513. The Morgan fingerprint density at radius 2 is 1.47 bits per heavy atom. The molecule has 0 aliphatic heterocycles.